The van der Waals surface area contributed by atoms with Gasteiger partial charge in [-0.2, -0.15) is 0 Å². The predicted molar refractivity (Wildman–Crippen MR) is 69.2 cm³/mol. The molecule has 1 aromatic rings. The van der Waals surface area contributed by atoms with E-state index in [2.05, 4.69) is 5.32 Å². The Hall–Kier alpha value is -1.29. The fraction of sp³-hybridized carbons (Fsp3) is 0.571. The highest BCUT2D eigenvalue weighted by Crippen LogP contribution is 2.36. The minimum Gasteiger partial charge on any atom is -0.496 e. The number of benzene rings is 1. The molecule has 1 aromatic carbocycles. The van der Waals surface area contributed by atoms with Gasteiger partial charge in [-0.15, -0.1) is 0 Å². The van der Waals surface area contributed by atoms with Crippen LogP contribution in [0.1, 0.15) is 29.9 Å². The lowest BCUT2D eigenvalue weighted by atomic mass is 9.90. The third-order valence-electron chi connectivity index (χ3n) is 3.51. The van der Waals surface area contributed by atoms with Gasteiger partial charge in [-0.3, -0.25) is 0 Å². The van der Waals surface area contributed by atoms with Gasteiger partial charge in [0.1, 0.15) is 18.2 Å². The third-order valence-corrected chi connectivity index (χ3v) is 3.51. The Morgan fingerprint density at radius 2 is 2.06 bits per heavy atom. The van der Waals surface area contributed by atoms with E-state index in [1.807, 2.05) is 6.07 Å². The van der Waals surface area contributed by atoms with Gasteiger partial charge >= 0.3 is 0 Å². The van der Waals surface area contributed by atoms with Gasteiger partial charge < -0.3 is 14.8 Å². The molecule has 1 N–H and O–H groups in total. The largest absolute Gasteiger partial charge is 0.496 e. The van der Waals surface area contributed by atoms with Crippen LogP contribution in [-0.4, -0.2) is 27.3 Å². The van der Waals surface area contributed by atoms with E-state index in [0.29, 0.717) is 17.2 Å². The Bertz CT molecular complexity index is 403. The van der Waals surface area contributed by atoms with Gasteiger partial charge in [0.25, 0.3) is 0 Å². The van der Waals surface area contributed by atoms with Gasteiger partial charge in [0.2, 0.25) is 0 Å². The second kappa shape index (κ2) is 6.05. The normalized spacial score (nSPS) is 19.6. The van der Waals surface area contributed by atoms with Crippen LogP contribution < -0.4 is 14.8 Å². The maximum atomic E-state index is 12.9. The molecule has 0 saturated carbocycles. The van der Waals surface area contributed by atoms with E-state index >= 15 is 0 Å². The van der Waals surface area contributed by atoms with E-state index < -0.39 is 6.67 Å². The molecule has 0 spiro atoms. The number of ether oxygens (including phenoxy) is 2. The Morgan fingerprint density at radius 1 is 1.28 bits per heavy atom. The van der Waals surface area contributed by atoms with Gasteiger partial charge in [0.15, 0.2) is 0 Å². The number of alkyl halides is 1. The van der Waals surface area contributed by atoms with Crippen LogP contribution in [0.15, 0.2) is 12.1 Å². The minimum atomic E-state index is -0.539. The Morgan fingerprint density at radius 3 is 2.61 bits per heavy atom. The topological polar surface area (TPSA) is 30.5 Å². The Kier molecular flexibility index (Phi) is 4.42. The average molecular weight is 253 g/mol. The van der Waals surface area contributed by atoms with E-state index in [1.165, 1.54) is 0 Å². The predicted octanol–water partition coefficient (Wildman–Crippen LogP) is 2.64. The maximum absolute atomic E-state index is 12.9. The molecule has 0 aromatic heterocycles. The zero-order valence-electron chi connectivity index (χ0n) is 11.0. The van der Waals surface area contributed by atoms with Gasteiger partial charge in [-0.1, -0.05) is 0 Å². The molecule has 4 heteroatoms. The zero-order chi connectivity index (χ0) is 13.0. The van der Waals surface area contributed by atoms with Gasteiger partial charge in [0.05, 0.1) is 14.2 Å². The number of nitrogens with one attached hydrogen (secondary N) is 1. The van der Waals surface area contributed by atoms with Gasteiger partial charge in [0, 0.05) is 23.6 Å². The summed E-state index contributed by atoms with van der Waals surface area (Å²) >= 11 is 0. The molecule has 0 aliphatic carbocycles. The minimum absolute atomic E-state index is 0.413. The molecule has 2 rings (SSSR count). The molecular weight excluding hydrogens is 233 g/mol. The van der Waals surface area contributed by atoms with Crippen molar-refractivity contribution in [2.45, 2.75) is 25.4 Å². The van der Waals surface area contributed by atoms with E-state index in [0.717, 1.165) is 37.2 Å². The van der Waals surface area contributed by atoms with Crippen LogP contribution >= 0.6 is 0 Å². The molecule has 1 heterocycles. The average Bonchev–Trinajstić information content (AvgIpc) is 2.46. The molecular formula is C14H20FNO2. The van der Waals surface area contributed by atoms with Crippen molar-refractivity contribution in [3.05, 3.63) is 23.3 Å². The zero-order valence-corrected chi connectivity index (χ0v) is 11.0. The number of halogens is 1. The standard InChI is InChI=1S/C14H20FNO2/c1-17-13-7-12(10-4-3-5-16-9-10)14(18-2)6-11(13)8-15/h6-7,10,16H,3-5,8-9H2,1-2H3. The molecule has 1 unspecified atom stereocenters. The molecule has 3 nitrogen and oxygen atoms in total. The Balaban J connectivity index is 2.37. The molecule has 1 fully saturated rings. The van der Waals surface area contributed by atoms with Crippen LogP contribution in [0.3, 0.4) is 0 Å². The lowest BCUT2D eigenvalue weighted by molar-refractivity contribution is 0.373. The van der Waals surface area contributed by atoms with Crippen molar-refractivity contribution in [2.75, 3.05) is 27.3 Å². The number of rotatable bonds is 4. The molecule has 0 bridgehead atoms. The SMILES string of the molecule is COc1cc(C2CCCNC2)c(OC)cc1CF. The number of hydrogen-bond acceptors (Lipinski definition) is 3. The van der Waals surface area contributed by atoms with Crippen molar-refractivity contribution in [3.63, 3.8) is 0 Å². The molecule has 0 amide bonds. The van der Waals surface area contributed by atoms with Gasteiger partial charge in [-0.05, 0) is 31.5 Å². The van der Waals surface area contributed by atoms with Crippen molar-refractivity contribution in [2.24, 2.45) is 0 Å². The quantitative estimate of drug-likeness (QED) is 0.894. The first-order valence-electron chi connectivity index (χ1n) is 6.31. The summed E-state index contributed by atoms with van der Waals surface area (Å²) in [6.07, 6.45) is 2.28. The molecule has 18 heavy (non-hydrogen) atoms. The molecule has 1 aliphatic heterocycles. The van der Waals surface area contributed by atoms with Crippen LogP contribution in [0, 0.1) is 0 Å². The summed E-state index contributed by atoms with van der Waals surface area (Å²) in [7, 11) is 3.20. The highest BCUT2D eigenvalue weighted by molar-refractivity contribution is 5.48. The Labute approximate surface area is 107 Å². The van der Waals surface area contributed by atoms with Crippen molar-refractivity contribution in [1.82, 2.24) is 5.32 Å². The van der Waals surface area contributed by atoms with Crippen LogP contribution in [0.2, 0.25) is 0 Å². The highest BCUT2D eigenvalue weighted by Gasteiger charge is 2.21. The van der Waals surface area contributed by atoms with Crippen LogP contribution in [0.25, 0.3) is 0 Å². The third kappa shape index (κ3) is 2.58. The fourth-order valence-corrected chi connectivity index (χ4v) is 2.53. The summed E-state index contributed by atoms with van der Waals surface area (Å²) in [6, 6.07) is 3.67. The lowest BCUT2D eigenvalue weighted by Gasteiger charge is -2.25. The van der Waals surface area contributed by atoms with E-state index in [9.17, 15) is 4.39 Å². The van der Waals surface area contributed by atoms with Crippen molar-refractivity contribution >= 4 is 0 Å². The second-order valence-electron chi connectivity index (χ2n) is 4.58. The number of methoxy groups -OCH3 is 2. The molecule has 1 atom stereocenters. The van der Waals surface area contributed by atoms with Crippen molar-refractivity contribution in [1.29, 1.82) is 0 Å². The molecule has 100 valence electrons. The second-order valence-corrected chi connectivity index (χ2v) is 4.58. The molecule has 1 saturated heterocycles. The summed E-state index contributed by atoms with van der Waals surface area (Å²) < 4.78 is 23.6. The molecule has 0 radical (unpaired) electrons. The molecule has 1 aliphatic rings. The van der Waals surface area contributed by atoms with E-state index in [4.69, 9.17) is 9.47 Å². The summed E-state index contributed by atoms with van der Waals surface area (Å²) in [5.41, 5.74) is 1.65. The first-order valence-corrected chi connectivity index (χ1v) is 6.31. The number of hydrogen-bond donors (Lipinski definition) is 1. The highest BCUT2D eigenvalue weighted by atomic mass is 19.1. The van der Waals surface area contributed by atoms with Crippen LogP contribution in [0.4, 0.5) is 4.39 Å². The van der Waals surface area contributed by atoms with E-state index in [1.54, 1.807) is 20.3 Å². The van der Waals surface area contributed by atoms with Crippen molar-refractivity contribution in [3.8, 4) is 11.5 Å². The number of piperidine rings is 1. The van der Waals surface area contributed by atoms with Crippen LogP contribution in [-0.2, 0) is 6.67 Å². The summed E-state index contributed by atoms with van der Waals surface area (Å²) in [5, 5.41) is 3.38. The van der Waals surface area contributed by atoms with Gasteiger partial charge in [-0.25, -0.2) is 4.39 Å². The first-order chi connectivity index (χ1) is 8.80. The lowest BCUT2D eigenvalue weighted by Crippen LogP contribution is -2.28. The fourth-order valence-electron chi connectivity index (χ4n) is 2.53. The summed E-state index contributed by atoms with van der Waals surface area (Å²) in [5.74, 6) is 1.78. The smallest absolute Gasteiger partial charge is 0.125 e. The van der Waals surface area contributed by atoms with E-state index in [-0.39, 0.29) is 0 Å². The maximum Gasteiger partial charge on any atom is 0.125 e. The van der Waals surface area contributed by atoms with Crippen molar-refractivity contribution < 1.29 is 13.9 Å². The summed E-state index contributed by atoms with van der Waals surface area (Å²) in [6.45, 7) is 1.47. The monoisotopic (exact) mass is 253 g/mol. The first kappa shape index (κ1) is 13.1. The van der Waals surface area contributed by atoms with Crippen LogP contribution in [0.5, 0.6) is 11.5 Å². The summed E-state index contributed by atoms with van der Waals surface area (Å²) in [4.78, 5) is 0.